The van der Waals surface area contributed by atoms with Gasteiger partial charge in [-0.3, -0.25) is 4.99 Å². The van der Waals surface area contributed by atoms with Crippen molar-refractivity contribution < 1.29 is 21.6 Å². The first-order chi connectivity index (χ1) is 13.0. The monoisotopic (exact) mass is 440 g/mol. The van der Waals surface area contributed by atoms with Gasteiger partial charge < -0.3 is 10.2 Å². The standard InChI is InChI=1S/C17H24ClF3N4O2S/c1-22-16(24(2)12-14-4-3-5-15(18)10-14)23-11-13-6-8-25(9-7-13)28(26,27)17(19,20)21/h3-5,10,13H,6-9,11-12H2,1-2H3,(H,22,23). The molecule has 0 atom stereocenters. The van der Waals surface area contributed by atoms with Crippen LogP contribution in [-0.4, -0.2) is 62.8 Å². The number of halogens is 4. The van der Waals surface area contributed by atoms with Gasteiger partial charge in [0.15, 0.2) is 5.96 Å². The SMILES string of the molecule is CN=C(NCC1CCN(S(=O)(=O)C(F)(F)F)CC1)N(C)Cc1cccc(Cl)c1. The maximum atomic E-state index is 12.6. The van der Waals surface area contributed by atoms with Crippen molar-refractivity contribution in [1.82, 2.24) is 14.5 Å². The summed E-state index contributed by atoms with van der Waals surface area (Å²) in [5.74, 6) is 0.710. The molecule has 0 saturated carbocycles. The van der Waals surface area contributed by atoms with Gasteiger partial charge in [0, 0.05) is 45.3 Å². The Hall–Kier alpha value is -1.52. The number of guanidine groups is 1. The highest BCUT2D eigenvalue weighted by molar-refractivity contribution is 7.90. The number of piperidine rings is 1. The Morgan fingerprint density at radius 1 is 1.36 bits per heavy atom. The van der Waals surface area contributed by atoms with Crippen LogP contribution in [-0.2, 0) is 16.6 Å². The summed E-state index contributed by atoms with van der Waals surface area (Å²) < 4.78 is 61.4. The normalized spacial score (nSPS) is 17.6. The van der Waals surface area contributed by atoms with E-state index in [4.69, 9.17) is 11.6 Å². The molecule has 158 valence electrons. The van der Waals surface area contributed by atoms with E-state index in [2.05, 4.69) is 10.3 Å². The molecule has 1 aromatic rings. The number of nitrogens with one attached hydrogen (secondary N) is 1. The zero-order valence-corrected chi connectivity index (χ0v) is 17.3. The average Bonchev–Trinajstić information content (AvgIpc) is 2.61. The number of aliphatic imine (C=N–C) groups is 1. The molecule has 1 heterocycles. The Kier molecular flexibility index (Phi) is 7.58. The molecule has 1 N–H and O–H groups in total. The van der Waals surface area contributed by atoms with Crippen LogP contribution in [0.25, 0.3) is 0 Å². The fourth-order valence-electron chi connectivity index (χ4n) is 3.10. The van der Waals surface area contributed by atoms with E-state index in [1.165, 1.54) is 0 Å². The van der Waals surface area contributed by atoms with E-state index >= 15 is 0 Å². The maximum Gasteiger partial charge on any atom is 0.511 e. The molecule has 1 aliphatic heterocycles. The van der Waals surface area contributed by atoms with Gasteiger partial charge in [0.25, 0.3) is 0 Å². The van der Waals surface area contributed by atoms with Crippen LogP contribution in [0.4, 0.5) is 13.2 Å². The van der Waals surface area contributed by atoms with Crippen LogP contribution in [0.1, 0.15) is 18.4 Å². The molecule has 0 aliphatic carbocycles. The number of alkyl halides is 3. The topological polar surface area (TPSA) is 65.0 Å². The molecule has 0 amide bonds. The van der Waals surface area contributed by atoms with Gasteiger partial charge in [0.1, 0.15) is 0 Å². The lowest BCUT2D eigenvalue weighted by Gasteiger charge is -2.32. The van der Waals surface area contributed by atoms with Crippen LogP contribution in [0, 0.1) is 5.92 Å². The molecule has 28 heavy (non-hydrogen) atoms. The lowest BCUT2D eigenvalue weighted by Crippen LogP contribution is -2.47. The number of sulfonamides is 1. The molecular formula is C17H24ClF3N4O2S. The fourth-order valence-corrected chi connectivity index (χ4v) is 4.30. The van der Waals surface area contributed by atoms with Crippen molar-refractivity contribution >= 4 is 27.6 Å². The predicted octanol–water partition coefficient (Wildman–Crippen LogP) is 2.91. The minimum atomic E-state index is -5.25. The van der Waals surface area contributed by atoms with E-state index in [0.717, 1.165) is 5.56 Å². The van der Waals surface area contributed by atoms with Gasteiger partial charge in [-0.15, -0.1) is 0 Å². The Bertz CT molecular complexity index is 794. The van der Waals surface area contributed by atoms with Crippen molar-refractivity contribution in [2.75, 3.05) is 33.7 Å². The van der Waals surface area contributed by atoms with Crippen LogP contribution in [0.5, 0.6) is 0 Å². The quantitative estimate of drug-likeness (QED) is 0.565. The van der Waals surface area contributed by atoms with E-state index in [0.29, 0.717) is 41.2 Å². The van der Waals surface area contributed by atoms with Crippen LogP contribution in [0.15, 0.2) is 29.3 Å². The van der Waals surface area contributed by atoms with Crippen molar-refractivity contribution in [2.45, 2.75) is 24.9 Å². The third-order valence-electron chi connectivity index (χ3n) is 4.64. The van der Waals surface area contributed by atoms with Crippen molar-refractivity contribution in [3.63, 3.8) is 0 Å². The predicted molar refractivity (Wildman–Crippen MR) is 104 cm³/mol. The fraction of sp³-hybridized carbons (Fsp3) is 0.588. The molecular weight excluding hydrogens is 417 g/mol. The molecule has 0 aromatic heterocycles. The van der Waals surface area contributed by atoms with Gasteiger partial charge in [0.2, 0.25) is 0 Å². The van der Waals surface area contributed by atoms with E-state index < -0.39 is 15.5 Å². The summed E-state index contributed by atoms with van der Waals surface area (Å²) in [7, 11) is -1.72. The molecule has 1 aromatic carbocycles. The van der Waals surface area contributed by atoms with Crippen LogP contribution < -0.4 is 5.32 Å². The molecule has 1 fully saturated rings. The van der Waals surface area contributed by atoms with Gasteiger partial charge in [-0.2, -0.15) is 17.5 Å². The van der Waals surface area contributed by atoms with Gasteiger partial charge >= 0.3 is 15.5 Å². The summed E-state index contributed by atoms with van der Waals surface area (Å²) in [6.45, 7) is 0.825. The summed E-state index contributed by atoms with van der Waals surface area (Å²) in [6.07, 6.45) is 0.717. The summed E-state index contributed by atoms with van der Waals surface area (Å²) in [5.41, 5.74) is -4.23. The Morgan fingerprint density at radius 3 is 2.54 bits per heavy atom. The largest absolute Gasteiger partial charge is 0.511 e. The number of hydrogen-bond acceptors (Lipinski definition) is 3. The number of rotatable bonds is 5. The zero-order valence-electron chi connectivity index (χ0n) is 15.7. The van der Waals surface area contributed by atoms with Crippen LogP contribution in [0.2, 0.25) is 5.02 Å². The molecule has 0 radical (unpaired) electrons. The molecule has 2 rings (SSSR count). The van der Waals surface area contributed by atoms with Crippen molar-refractivity contribution in [1.29, 1.82) is 0 Å². The average molecular weight is 441 g/mol. The summed E-state index contributed by atoms with van der Waals surface area (Å²) in [4.78, 5) is 6.13. The molecule has 11 heteroatoms. The van der Waals surface area contributed by atoms with E-state index in [9.17, 15) is 21.6 Å². The first-order valence-corrected chi connectivity index (χ1v) is 10.6. The van der Waals surface area contributed by atoms with E-state index in [1.54, 1.807) is 13.1 Å². The van der Waals surface area contributed by atoms with Crippen LogP contribution >= 0.6 is 11.6 Å². The number of hydrogen-bond donors (Lipinski definition) is 1. The number of nitrogens with zero attached hydrogens (tertiary/aromatic N) is 3. The summed E-state index contributed by atoms with van der Waals surface area (Å²) >= 11 is 5.99. The van der Waals surface area contributed by atoms with Crippen molar-refractivity contribution in [3.05, 3.63) is 34.9 Å². The molecule has 1 aliphatic rings. The van der Waals surface area contributed by atoms with Crippen molar-refractivity contribution in [2.24, 2.45) is 10.9 Å². The first kappa shape index (κ1) is 22.8. The second-order valence-corrected chi connectivity index (χ2v) is 9.07. The van der Waals surface area contributed by atoms with E-state index in [-0.39, 0.29) is 19.0 Å². The minimum Gasteiger partial charge on any atom is -0.356 e. The second-order valence-electron chi connectivity index (χ2n) is 6.71. The third kappa shape index (κ3) is 5.74. The summed E-state index contributed by atoms with van der Waals surface area (Å²) in [5, 5.41) is 3.86. The third-order valence-corrected chi connectivity index (χ3v) is 6.50. The highest BCUT2D eigenvalue weighted by Crippen LogP contribution is 2.30. The van der Waals surface area contributed by atoms with Gasteiger partial charge in [0.05, 0.1) is 0 Å². The summed E-state index contributed by atoms with van der Waals surface area (Å²) in [6, 6.07) is 7.47. The molecule has 1 saturated heterocycles. The van der Waals surface area contributed by atoms with Gasteiger partial charge in [-0.1, -0.05) is 23.7 Å². The Morgan fingerprint density at radius 2 is 2.00 bits per heavy atom. The molecule has 6 nitrogen and oxygen atoms in total. The lowest BCUT2D eigenvalue weighted by atomic mass is 9.98. The van der Waals surface area contributed by atoms with Gasteiger partial charge in [-0.25, -0.2) is 8.42 Å². The lowest BCUT2D eigenvalue weighted by molar-refractivity contribution is -0.0496. The second kappa shape index (κ2) is 9.32. The van der Waals surface area contributed by atoms with Gasteiger partial charge in [-0.05, 0) is 36.5 Å². The smallest absolute Gasteiger partial charge is 0.356 e. The first-order valence-electron chi connectivity index (χ1n) is 8.77. The van der Waals surface area contributed by atoms with Crippen molar-refractivity contribution in [3.8, 4) is 0 Å². The highest BCUT2D eigenvalue weighted by Gasteiger charge is 2.50. The van der Waals surface area contributed by atoms with E-state index in [1.807, 2.05) is 30.1 Å². The molecule has 0 bridgehead atoms. The number of benzene rings is 1. The highest BCUT2D eigenvalue weighted by atomic mass is 35.5. The molecule has 0 unspecified atom stereocenters. The maximum absolute atomic E-state index is 12.6. The Balaban J connectivity index is 1.85. The van der Waals surface area contributed by atoms with Crippen LogP contribution in [0.3, 0.4) is 0 Å². The minimum absolute atomic E-state index is 0.0657. The zero-order chi connectivity index (χ0) is 20.9. The molecule has 0 spiro atoms. The Labute approximate surface area is 168 Å².